The lowest BCUT2D eigenvalue weighted by Crippen LogP contribution is -2.09. The van der Waals surface area contributed by atoms with E-state index < -0.39 is 0 Å². The molecule has 5 heterocycles. The van der Waals surface area contributed by atoms with E-state index in [-0.39, 0.29) is 0 Å². The van der Waals surface area contributed by atoms with Crippen LogP contribution in [0.3, 0.4) is 0 Å². The summed E-state index contributed by atoms with van der Waals surface area (Å²) in [7, 11) is 0. The fourth-order valence-corrected chi connectivity index (χ4v) is 5.41. The second-order valence-corrected chi connectivity index (χ2v) is 10.5. The van der Waals surface area contributed by atoms with E-state index in [0.29, 0.717) is 11.5 Å². The van der Waals surface area contributed by atoms with Crippen molar-refractivity contribution >= 4 is 44.7 Å². The maximum Gasteiger partial charge on any atom is 0.161 e. The summed E-state index contributed by atoms with van der Waals surface area (Å²) >= 11 is 1.72. The fraction of sp³-hybridized carbons (Fsp3) is 0.0625. The van der Waals surface area contributed by atoms with Gasteiger partial charge < -0.3 is 10.3 Å². The van der Waals surface area contributed by atoms with Crippen molar-refractivity contribution in [3.63, 3.8) is 0 Å². The Labute approximate surface area is 235 Å². The van der Waals surface area contributed by atoms with Gasteiger partial charge in [0.2, 0.25) is 0 Å². The van der Waals surface area contributed by atoms with Gasteiger partial charge in [0, 0.05) is 32.9 Å². The van der Waals surface area contributed by atoms with Crippen LogP contribution in [0.15, 0.2) is 104 Å². The Bertz CT molecular complexity index is 1940. The van der Waals surface area contributed by atoms with Crippen LogP contribution in [0.2, 0.25) is 0 Å². The van der Waals surface area contributed by atoms with Gasteiger partial charge in [-0.05, 0) is 61.4 Å². The van der Waals surface area contributed by atoms with Crippen LogP contribution in [0.1, 0.15) is 23.1 Å². The number of nitrogens with one attached hydrogen (secondary N) is 3. The molecule has 0 aliphatic rings. The molecule has 0 amide bonds. The highest BCUT2D eigenvalue weighted by molar-refractivity contribution is 7.15. The average Bonchev–Trinajstić information content (AvgIpc) is 3.72. The first-order valence-corrected chi connectivity index (χ1v) is 13.6. The third-order valence-electron chi connectivity index (χ3n) is 6.59. The van der Waals surface area contributed by atoms with Gasteiger partial charge in [0.1, 0.15) is 11.0 Å². The zero-order chi connectivity index (χ0) is 27.6. The van der Waals surface area contributed by atoms with Crippen LogP contribution in [0.5, 0.6) is 0 Å². The van der Waals surface area contributed by atoms with Gasteiger partial charge in [0.25, 0.3) is 0 Å². The van der Waals surface area contributed by atoms with Gasteiger partial charge in [-0.2, -0.15) is 5.10 Å². The van der Waals surface area contributed by atoms with Crippen molar-refractivity contribution in [3.8, 4) is 22.0 Å². The van der Waals surface area contributed by atoms with E-state index in [2.05, 4.69) is 57.7 Å². The van der Waals surface area contributed by atoms with Gasteiger partial charge >= 0.3 is 0 Å². The van der Waals surface area contributed by atoms with Crippen LogP contribution in [0, 0.1) is 6.92 Å². The fourth-order valence-electron chi connectivity index (χ4n) is 4.53. The van der Waals surface area contributed by atoms with E-state index in [1.807, 2.05) is 67.7 Å². The number of thiophene rings is 1. The summed E-state index contributed by atoms with van der Waals surface area (Å²) < 4.78 is 0. The molecule has 0 aliphatic heterocycles. The largest absolute Gasteiger partial charge is 0.356 e. The number of fused-ring (bicyclic) bond motifs is 2. The standard InChI is InChI=1S/C32H27N7S/c1-5-21(16-23(6-2)34-20(4)22-10-8-7-9-11-22)25-13-14-26-30(35-25)31(39-38-26)32-36-27-18-33-17-24(29(27)37-32)28-15-12-19(3)40-28/h5-18,34H,2,4H2,1,3H3,(H,36,37)(H,38,39)/b21-5+,23-16+. The topological polar surface area (TPSA) is 95.2 Å². The maximum atomic E-state index is 5.00. The smallest absolute Gasteiger partial charge is 0.161 e. The molecule has 1 aromatic carbocycles. The molecule has 196 valence electrons. The summed E-state index contributed by atoms with van der Waals surface area (Å²) in [6, 6.07) is 18.2. The summed E-state index contributed by atoms with van der Waals surface area (Å²) in [5, 5.41) is 11.0. The highest BCUT2D eigenvalue weighted by atomic mass is 32.1. The molecular weight excluding hydrogens is 514 g/mol. The minimum absolute atomic E-state index is 0.638. The lowest BCUT2D eigenvalue weighted by Gasteiger charge is -2.12. The van der Waals surface area contributed by atoms with E-state index in [9.17, 15) is 0 Å². The van der Waals surface area contributed by atoms with Gasteiger partial charge in [-0.25, -0.2) is 9.97 Å². The van der Waals surface area contributed by atoms with Crippen molar-refractivity contribution in [2.45, 2.75) is 13.8 Å². The molecule has 0 fully saturated rings. The second kappa shape index (κ2) is 10.6. The van der Waals surface area contributed by atoms with Crippen LogP contribution >= 0.6 is 11.3 Å². The minimum Gasteiger partial charge on any atom is -0.356 e. The molecule has 0 saturated heterocycles. The molecule has 0 aliphatic carbocycles. The third kappa shape index (κ3) is 4.76. The Kier molecular flexibility index (Phi) is 6.67. The molecule has 0 atom stereocenters. The van der Waals surface area contributed by atoms with Gasteiger partial charge in [0.05, 0.1) is 22.9 Å². The first-order chi connectivity index (χ1) is 19.5. The summed E-state index contributed by atoms with van der Waals surface area (Å²) in [6.07, 6.45) is 9.46. The van der Waals surface area contributed by atoms with Crippen LogP contribution in [-0.2, 0) is 0 Å². The maximum absolute atomic E-state index is 5.00. The van der Waals surface area contributed by atoms with E-state index in [4.69, 9.17) is 9.97 Å². The van der Waals surface area contributed by atoms with Crippen molar-refractivity contribution < 1.29 is 0 Å². The molecule has 7 nitrogen and oxygen atoms in total. The van der Waals surface area contributed by atoms with E-state index >= 15 is 0 Å². The number of hydrogen-bond acceptors (Lipinski definition) is 6. The first-order valence-electron chi connectivity index (χ1n) is 12.8. The number of nitrogens with zero attached hydrogens (tertiary/aromatic N) is 4. The highest BCUT2D eigenvalue weighted by Gasteiger charge is 2.18. The molecule has 0 saturated carbocycles. The summed E-state index contributed by atoms with van der Waals surface area (Å²) in [4.78, 5) is 20.1. The van der Waals surface area contributed by atoms with Crippen molar-refractivity contribution in [1.29, 1.82) is 0 Å². The Morgan fingerprint density at radius 3 is 2.58 bits per heavy atom. The number of rotatable bonds is 8. The minimum atomic E-state index is 0.638. The Morgan fingerprint density at radius 1 is 0.975 bits per heavy atom. The molecule has 40 heavy (non-hydrogen) atoms. The number of allylic oxidation sites excluding steroid dienone is 4. The Balaban J connectivity index is 1.36. The van der Waals surface area contributed by atoms with Gasteiger partial charge in [0.15, 0.2) is 11.5 Å². The van der Waals surface area contributed by atoms with Gasteiger partial charge in [-0.15, -0.1) is 11.3 Å². The molecule has 0 unspecified atom stereocenters. The molecule has 0 radical (unpaired) electrons. The molecular formula is C32H27N7S. The summed E-state index contributed by atoms with van der Waals surface area (Å²) in [6.45, 7) is 12.2. The predicted molar refractivity (Wildman–Crippen MR) is 165 cm³/mol. The molecule has 5 aromatic heterocycles. The summed E-state index contributed by atoms with van der Waals surface area (Å²) in [5.41, 5.74) is 9.26. The summed E-state index contributed by atoms with van der Waals surface area (Å²) in [5.74, 6) is 0.638. The predicted octanol–water partition coefficient (Wildman–Crippen LogP) is 7.67. The van der Waals surface area contributed by atoms with Crippen LogP contribution < -0.4 is 5.32 Å². The van der Waals surface area contributed by atoms with Crippen LogP contribution in [0.25, 0.3) is 55.3 Å². The normalized spacial score (nSPS) is 12.2. The lowest BCUT2D eigenvalue weighted by atomic mass is 10.1. The van der Waals surface area contributed by atoms with Crippen molar-refractivity contribution in [2.75, 3.05) is 0 Å². The molecule has 6 aromatic rings. The number of aromatic amines is 2. The SMILES string of the molecule is C=C/C(=C\C(=C/C)c1ccc2[nH]nc(-c3nc4c(-c5ccc(C)s5)cncc4[nH]3)c2n1)NC(=C)c1ccccc1. The van der Waals surface area contributed by atoms with Gasteiger partial charge in [-0.3, -0.25) is 10.1 Å². The zero-order valence-corrected chi connectivity index (χ0v) is 23.0. The number of pyridine rings is 2. The molecule has 0 bridgehead atoms. The zero-order valence-electron chi connectivity index (χ0n) is 22.2. The second-order valence-electron chi connectivity index (χ2n) is 9.26. The van der Waals surface area contributed by atoms with E-state index in [1.54, 1.807) is 23.6 Å². The third-order valence-corrected chi connectivity index (χ3v) is 7.62. The van der Waals surface area contributed by atoms with Crippen molar-refractivity contribution in [2.24, 2.45) is 0 Å². The van der Waals surface area contributed by atoms with Crippen LogP contribution in [-0.4, -0.2) is 30.1 Å². The Morgan fingerprint density at radius 2 is 1.82 bits per heavy atom. The lowest BCUT2D eigenvalue weighted by molar-refractivity contribution is 1.10. The molecule has 3 N–H and O–H groups in total. The molecule has 8 heteroatoms. The first kappa shape index (κ1) is 25.2. The molecule has 6 rings (SSSR count). The number of imidazole rings is 1. The molecule has 0 spiro atoms. The number of aromatic nitrogens is 6. The number of H-pyrrole nitrogens is 2. The van der Waals surface area contributed by atoms with Crippen molar-refractivity contribution in [3.05, 3.63) is 120 Å². The van der Waals surface area contributed by atoms with Crippen LogP contribution in [0.4, 0.5) is 0 Å². The van der Waals surface area contributed by atoms with Gasteiger partial charge in [-0.1, -0.05) is 49.6 Å². The Hall–Kier alpha value is -5.08. The monoisotopic (exact) mass is 541 g/mol. The highest BCUT2D eigenvalue weighted by Crippen LogP contribution is 2.34. The number of hydrogen-bond donors (Lipinski definition) is 3. The number of benzene rings is 1. The van der Waals surface area contributed by atoms with Crippen molar-refractivity contribution in [1.82, 2.24) is 35.5 Å². The quantitative estimate of drug-likeness (QED) is 0.172. The number of aryl methyl sites for hydroxylation is 1. The van der Waals surface area contributed by atoms with E-state index in [1.165, 1.54) is 4.88 Å². The average molecular weight is 542 g/mol. The van der Waals surface area contributed by atoms with E-state index in [0.717, 1.165) is 60.7 Å².